The average Bonchev–Trinajstić information content (AvgIpc) is 2.25. The third kappa shape index (κ3) is 3.70. The zero-order valence-electron chi connectivity index (χ0n) is 11.9. The summed E-state index contributed by atoms with van der Waals surface area (Å²) < 4.78 is 13.3. The lowest BCUT2D eigenvalue weighted by atomic mass is 10.0. The highest BCUT2D eigenvalue weighted by Gasteiger charge is 2.18. The molecule has 0 spiro atoms. The number of anilines is 1. The maximum atomic E-state index is 13.3. The molecule has 1 aromatic carbocycles. The van der Waals surface area contributed by atoms with Crippen molar-refractivity contribution in [3.63, 3.8) is 0 Å². The van der Waals surface area contributed by atoms with Crippen molar-refractivity contribution in [3.8, 4) is 0 Å². The van der Waals surface area contributed by atoms with Crippen LogP contribution in [0.2, 0.25) is 0 Å². The van der Waals surface area contributed by atoms with Crippen LogP contribution >= 0.6 is 0 Å². The van der Waals surface area contributed by atoms with E-state index in [1.54, 1.807) is 13.0 Å². The van der Waals surface area contributed by atoms with E-state index in [0.717, 1.165) is 12.2 Å². The zero-order chi connectivity index (χ0) is 13.9. The summed E-state index contributed by atoms with van der Waals surface area (Å²) in [5.74, 6) is 0.210. The Morgan fingerprint density at radius 1 is 1.17 bits per heavy atom. The maximum absolute atomic E-state index is 13.3. The van der Waals surface area contributed by atoms with Crippen molar-refractivity contribution in [2.24, 2.45) is 5.92 Å². The molecule has 2 nitrogen and oxygen atoms in total. The van der Waals surface area contributed by atoms with Gasteiger partial charge in [-0.15, -0.1) is 0 Å². The second-order valence-electron chi connectivity index (χ2n) is 5.52. The van der Waals surface area contributed by atoms with Gasteiger partial charge in [0.2, 0.25) is 0 Å². The number of aliphatic hydroxyl groups is 1. The van der Waals surface area contributed by atoms with E-state index in [-0.39, 0.29) is 5.82 Å². The van der Waals surface area contributed by atoms with Gasteiger partial charge in [-0.05, 0) is 44.9 Å². The van der Waals surface area contributed by atoms with Crippen molar-refractivity contribution < 1.29 is 9.50 Å². The Kier molecular flexibility index (Phi) is 5.15. The van der Waals surface area contributed by atoms with Gasteiger partial charge in [0.25, 0.3) is 0 Å². The van der Waals surface area contributed by atoms with Crippen molar-refractivity contribution in [1.29, 1.82) is 0 Å². The molecule has 102 valence electrons. The van der Waals surface area contributed by atoms with Crippen molar-refractivity contribution in [3.05, 3.63) is 29.6 Å². The molecule has 1 N–H and O–H groups in total. The molecule has 0 aliphatic rings. The minimum atomic E-state index is -0.663. The lowest BCUT2D eigenvalue weighted by Gasteiger charge is -2.33. The lowest BCUT2D eigenvalue weighted by molar-refractivity contribution is 0.199. The standard InChI is InChI=1S/C15H24FNO/c1-10(2)9-17(11(3)4)15-7-6-13(16)8-14(15)12(5)18/h6-8,10-12,18H,9H2,1-5H3/t12-/m1/s1. The summed E-state index contributed by atoms with van der Waals surface area (Å²) in [6.07, 6.45) is -0.663. The Hall–Kier alpha value is -1.09. The molecule has 0 fully saturated rings. The quantitative estimate of drug-likeness (QED) is 0.864. The van der Waals surface area contributed by atoms with Gasteiger partial charge in [-0.3, -0.25) is 0 Å². The molecule has 0 bridgehead atoms. The van der Waals surface area contributed by atoms with E-state index in [1.165, 1.54) is 12.1 Å². The zero-order valence-corrected chi connectivity index (χ0v) is 11.9. The molecule has 1 atom stereocenters. The number of halogens is 1. The van der Waals surface area contributed by atoms with Crippen molar-refractivity contribution in [2.75, 3.05) is 11.4 Å². The molecular weight excluding hydrogens is 229 g/mol. The Balaban J connectivity index is 3.18. The molecule has 0 saturated heterocycles. The monoisotopic (exact) mass is 253 g/mol. The van der Waals surface area contributed by atoms with Crippen LogP contribution in [0.15, 0.2) is 18.2 Å². The molecule has 3 heteroatoms. The number of hydrogen-bond acceptors (Lipinski definition) is 2. The first-order chi connectivity index (χ1) is 8.32. The topological polar surface area (TPSA) is 23.5 Å². The normalized spacial score (nSPS) is 13.2. The van der Waals surface area contributed by atoms with Crippen LogP contribution in [0, 0.1) is 11.7 Å². The molecule has 0 aliphatic carbocycles. The molecule has 0 aliphatic heterocycles. The molecule has 18 heavy (non-hydrogen) atoms. The van der Waals surface area contributed by atoms with Gasteiger partial charge in [0.1, 0.15) is 5.82 Å². The third-order valence-electron chi connectivity index (χ3n) is 2.93. The minimum Gasteiger partial charge on any atom is -0.389 e. The number of aliphatic hydroxyl groups excluding tert-OH is 1. The van der Waals surface area contributed by atoms with Crippen molar-refractivity contribution >= 4 is 5.69 Å². The first-order valence-electron chi connectivity index (χ1n) is 6.57. The van der Waals surface area contributed by atoms with Gasteiger partial charge in [0.15, 0.2) is 0 Å². The Morgan fingerprint density at radius 3 is 2.22 bits per heavy atom. The molecule has 0 saturated carbocycles. The Bertz CT molecular complexity index is 388. The van der Waals surface area contributed by atoms with Crippen molar-refractivity contribution in [2.45, 2.75) is 46.8 Å². The van der Waals surface area contributed by atoms with Gasteiger partial charge >= 0.3 is 0 Å². The van der Waals surface area contributed by atoms with Gasteiger partial charge < -0.3 is 10.0 Å². The molecular formula is C15H24FNO. The first-order valence-corrected chi connectivity index (χ1v) is 6.57. The van der Waals surface area contributed by atoms with E-state index in [2.05, 4.69) is 32.6 Å². The molecule has 1 rings (SSSR count). The van der Waals surface area contributed by atoms with Gasteiger partial charge in [-0.25, -0.2) is 4.39 Å². The summed E-state index contributed by atoms with van der Waals surface area (Å²) in [6.45, 7) is 11.1. The van der Waals surface area contributed by atoms with Gasteiger partial charge in [0.05, 0.1) is 6.10 Å². The van der Waals surface area contributed by atoms with Crippen LogP contribution in [-0.2, 0) is 0 Å². The van der Waals surface area contributed by atoms with E-state index in [4.69, 9.17) is 0 Å². The number of nitrogens with zero attached hydrogens (tertiary/aromatic N) is 1. The summed E-state index contributed by atoms with van der Waals surface area (Å²) in [7, 11) is 0. The summed E-state index contributed by atoms with van der Waals surface area (Å²) >= 11 is 0. The molecule has 0 aromatic heterocycles. The summed E-state index contributed by atoms with van der Waals surface area (Å²) in [5, 5.41) is 9.80. The fourth-order valence-electron chi connectivity index (χ4n) is 2.10. The van der Waals surface area contributed by atoms with E-state index in [9.17, 15) is 9.50 Å². The first kappa shape index (κ1) is 15.0. The van der Waals surface area contributed by atoms with Crippen LogP contribution in [0.4, 0.5) is 10.1 Å². The Morgan fingerprint density at radius 2 is 1.78 bits per heavy atom. The molecule has 1 aromatic rings. The highest BCUT2D eigenvalue weighted by molar-refractivity contribution is 5.55. The second-order valence-corrected chi connectivity index (χ2v) is 5.52. The highest BCUT2D eigenvalue weighted by atomic mass is 19.1. The van der Waals surface area contributed by atoms with E-state index in [0.29, 0.717) is 17.5 Å². The lowest BCUT2D eigenvalue weighted by Crippen LogP contribution is -2.35. The van der Waals surface area contributed by atoms with Crippen LogP contribution in [-0.4, -0.2) is 17.7 Å². The molecule has 0 unspecified atom stereocenters. The number of hydrogen-bond donors (Lipinski definition) is 1. The predicted octanol–water partition coefficient (Wildman–Crippen LogP) is 3.75. The summed E-state index contributed by atoms with van der Waals surface area (Å²) in [5.41, 5.74) is 1.58. The Labute approximate surface area is 109 Å². The van der Waals surface area contributed by atoms with E-state index in [1.807, 2.05) is 0 Å². The van der Waals surface area contributed by atoms with Gasteiger partial charge in [0, 0.05) is 23.8 Å². The molecule has 0 radical (unpaired) electrons. The van der Waals surface area contributed by atoms with Crippen LogP contribution in [0.1, 0.15) is 46.3 Å². The van der Waals surface area contributed by atoms with Crippen LogP contribution < -0.4 is 4.90 Å². The van der Waals surface area contributed by atoms with Crippen molar-refractivity contribution in [1.82, 2.24) is 0 Å². The number of benzene rings is 1. The van der Waals surface area contributed by atoms with Crippen LogP contribution in [0.3, 0.4) is 0 Å². The fraction of sp³-hybridized carbons (Fsp3) is 0.600. The number of rotatable bonds is 5. The average molecular weight is 253 g/mol. The fourth-order valence-corrected chi connectivity index (χ4v) is 2.10. The summed E-state index contributed by atoms with van der Waals surface area (Å²) in [4.78, 5) is 2.21. The SMILES string of the molecule is CC(C)CN(c1ccc(F)cc1[C@@H](C)O)C(C)C. The second kappa shape index (κ2) is 6.19. The van der Waals surface area contributed by atoms with Gasteiger partial charge in [-0.2, -0.15) is 0 Å². The predicted molar refractivity (Wildman–Crippen MR) is 74.4 cm³/mol. The highest BCUT2D eigenvalue weighted by Crippen LogP contribution is 2.29. The van der Waals surface area contributed by atoms with E-state index < -0.39 is 6.10 Å². The third-order valence-corrected chi connectivity index (χ3v) is 2.93. The van der Waals surface area contributed by atoms with Crippen LogP contribution in [0.5, 0.6) is 0 Å². The van der Waals surface area contributed by atoms with Gasteiger partial charge in [-0.1, -0.05) is 13.8 Å². The summed E-state index contributed by atoms with van der Waals surface area (Å²) in [6, 6.07) is 4.96. The smallest absolute Gasteiger partial charge is 0.123 e. The molecule has 0 amide bonds. The minimum absolute atomic E-state index is 0.303. The molecule has 0 heterocycles. The maximum Gasteiger partial charge on any atom is 0.123 e. The van der Waals surface area contributed by atoms with E-state index >= 15 is 0 Å². The largest absolute Gasteiger partial charge is 0.389 e. The van der Waals surface area contributed by atoms with Crippen LogP contribution in [0.25, 0.3) is 0 Å².